The van der Waals surface area contributed by atoms with Crippen LogP contribution in [0.1, 0.15) is 33.6 Å². The fraction of sp³-hybridized carbons (Fsp3) is 0.294. The van der Waals surface area contributed by atoms with Gasteiger partial charge in [-0.1, -0.05) is 18.2 Å². The summed E-state index contributed by atoms with van der Waals surface area (Å²) in [4.78, 5) is 33.3. The Morgan fingerprint density at radius 1 is 1.17 bits per heavy atom. The number of hydrogen-bond donors (Lipinski definition) is 2. The van der Waals surface area contributed by atoms with Crippen molar-refractivity contribution in [2.45, 2.75) is 18.9 Å². The number of aromatic carboxylic acids is 1. The van der Waals surface area contributed by atoms with Crippen LogP contribution >= 0.6 is 0 Å². The van der Waals surface area contributed by atoms with Crippen LogP contribution in [0.4, 0.5) is 5.82 Å². The zero-order valence-electron chi connectivity index (χ0n) is 13.1. The maximum atomic E-state index is 12.2. The molecule has 0 unspecified atom stereocenters. The van der Waals surface area contributed by atoms with Gasteiger partial charge in [-0.15, -0.1) is 0 Å². The summed E-state index contributed by atoms with van der Waals surface area (Å²) in [6, 6.07) is 9.18. The van der Waals surface area contributed by atoms with E-state index in [9.17, 15) is 14.7 Å². The van der Waals surface area contributed by atoms with Crippen molar-refractivity contribution in [3.8, 4) is 0 Å². The summed E-state index contributed by atoms with van der Waals surface area (Å²) in [6.07, 6.45) is 4.14. The van der Waals surface area contributed by atoms with Gasteiger partial charge in [-0.05, 0) is 25.0 Å². The van der Waals surface area contributed by atoms with Gasteiger partial charge in [0, 0.05) is 30.9 Å². The van der Waals surface area contributed by atoms with Crippen molar-refractivity contribution in [1.29, 1.82) is 0 Å². The second kappa shape index (κ2) is 7.08. The minimum atomic E-state index is -1.04. The Labute approximate surface area is 139 Å². The number of nitrogens with one attached hydrogen (secondary N) is 1. The van der Waals surface area contributed by atoms with Gasteiger partial charge in [-0.25, -0.2) is 14.8 Å². The second-order valence-electron chi connectivity index (χ2n) is 5.67. The van der Waals surface area contributed by atoms with Crippen LogP contribution in [0.15, 0.2) is 42.9 Å². The highest BCUT2D eigenvalue weighted by Gasteiger charge is 2.25. The molecule has 1 aliphatic rings. The molecule has 1 amide bonds. The van der Waals surface area contributed by atoms with E-state index in [0.717, 1.165) is 12.8 Å². The van der Waals surface area contributed by atoms with E-state index in [-0.39, 0.29) is 17.5 Å². The average Bonchev–Trinajstić information content (AvgIpc) is 2.63. The molecule has 1 aromatic carbocycles. The van der Waals surface area contributed by atoms with Crippen LogP contribution in [0, 0.1) is 0 Å². The van der Waals surface area contributed by atoms with Gasteiger partial charge in [0.05, 0.1) is 0 Å². The molecule has 7 heteroatoms. The lowest BCUT2D eigenvalue weighted by Gasteiger charge is -2.33. The average molecular weight is 326 g/mol. The van der Waals surface area contributed by atoms with Gasteiger partial charge in [0.2, 0.25) is 0 Å². The Balaban J connectivity index is 1.60. The van der Waals surface area contributed by atoms with E-state index in [0.29, 0.717) is 24.5 Å². The first-order valence-corrected chi connectivity index (χ1v) is 7.79. The fourth-order valence-electron chi connectivity index (χ4n) is 2.82. The van der Waals surface area contributed by atoms with Crippen molar-refractivity contribution >= 4 is 17.7 Å². The fourth-order valence-corrected chi connectivity index (χ4v) is 2.82. The van der Waals surface area contributed by atoms with Gasteiger partial charge in [0.1, 0.15) is 17.7 Å². The van der Waals surface area contributed by atoms with E-state index in [2.05, 4.69) is 15.3 Å². The van der Waals surface area contributed by atoms with E-state index < -0.39 is 5.97 Å². The van der Waals surface area contributed by atoms with Crippen molar-refractivity contribution in [2.75, 3.05) is 18.0 Å². The maximum Gasteiger partial charge on any atom is 0.341 e. The highest BCUT2D eigenvalue weighted by atomic mass is 16.4. The first-order valence-electron chi connectivity index (χ1n) is 7.79. The molecule has 0 saturated carbocycles. The molecule has 124 valence electrons. The van der Waals surface area contributed by atoms with Crippen molar-refractivity contribution in [2.24, 2.45) is 0 Å². The molecule has 1 saturated heterocycles. The minimum Gasteiger partial charge on any atom is -0.477 e. The summed E-state index contributed by atoms with van der Waals surface area (Å²) in [6.45, 7) is 1.27. The highest BCUT2D eigenvalue weighted by Crippen LogP contribution is 2.21. The van der Waals surface area contributed by atoms with Crippen molar-refractivity contribution < 1.29 is 14.7 Å². The Morgan fingerprint density at radius 2 is 1.88 bits per heavy atom. The molecule has 3 rings (SSSR count). The molecule has 0 radical (unpaired) electrons. The largest absolute Gasteiger partial charge is 0.477 e. The van der Waals surface area contributed by atoms with Gasteiger partial charge >= 0.3 is 5.97 Å². The smallest absolute Gasteiger partial charge is 0.341 e. The Kier molecular flexibility index (Phi) is 4.69. The van der Waals surface area contributed by atoms with Crippen LogP contribution in [-0.4, -0.2) is 46.1 Å². The molecular weight excluding hydrogens is 308 g/mol. The van der Waals surface area contributed by atoms with Crippen LogP contribution < -0.4 is 10.2 Å². The van der Waals surface area contributed by atoms with Crippen LogP contribution in [0.2, 0.25) is 0 Å². The topological polar surface area (TPSA) is 95.4 Å². The normalized spacial score (nSPS) is 15.1. The highest BCUT2D eigenvalue weighted by molar-refractivity contribution is 5.94. The molecule has 2 N–H and O–H groups in total. The summed E-state index contributed by atoms with van der Waals surface area (Å²) >= 11 is 0. The molecule has 1 fully saturated rings. The van der Waals surface area contributed by atoms with Crippen molar-refractivity contribution in [3.05, 3.63) is 54.0 Å². The van der Waals surface area contributed by atoms with Crippen molar-refractivity contribution in [3.63, 3.8) is 0 Å². The van der Waals surface area contributed by atoms with Crippen LogP contribution in [0.3, 0.4) is 0 Å². The zero-order valence-corrected chi connectivity index (χ0v) is 13.1. The number of anilines is 1. The number of carboxylic acid groups (broad SMARTS) is 1. The molecule has 24 heavy (non-hydrogen) atoms. The number of carbonyl (C=O) groups excluding carboxylic acids is 1. The Hall–Kier alpha value is -2.96. The lowest BCUT2D eigenvalue weighted by molar-refractivity contribution is 0.0696. The molecule has 0 bridgehead atoms. The van der Waals surface area contributed by atoms with Crippen LogP contribution in [0.25, 0.3) is 0 Å². The van der Waals surface area contributed by atoms with E-state index in [4.69, 9.17) is 0 Å². The number of hydrogen-bond acceptors (Lipinski definition) is 5. The van der Waals surface area contributed by atoms with Gasteiger partial charge in [-0.2, -0.15) is 0 Å². The van der Waals surface area contributed by atoms with Crippen molar-refractivity contribution in [1.82, 2.24) is 15.3 Å². The predicted octanol–water partition coefficient (Wildman–Crippen LogP) is 1.57. The van der Waals surface area contributed by atoms with Gasteiger partial charge in [0.15, 0.2) is 0 Å². The predicted molar refractivity (Wildman–Crippen MR) is 88.1 cm³/mol. The quantitative estimate of drug-likeness (QED) is 0.885. The molecule has 0 aliphatic carbocycles. The summed E-state index contributed by atoms with van der Waals surface area (Å²) in [5.41, 5.74) is 0.744. The lowest BCUT2D eigenvalue weighted by atomic mass is 10.0. The summed E-state index contributed by atoms with van der Waals surface area (Å²) in [5.74, 6) is -0.683. The number of piperidine rings is 1. The summed E-state index contributed by atoms with van der Waals surface area (Å²) in [5, 5.41) is 12.3. The standard InChI is InChI=1S/C17H18N4O3/c22-16(12-4-2-1-3-5-12)20-13-6-8-21(9-7-13)15-14(17(23)24)10-18-11-19-15/h1-5,10-11,13H,6-9H2,(H,20,22)(H,23,24). The van der Waals surface area contributed by atoms with Gasteiger partial charge in [-0.3, -0.25) is 4.79 Å². The third-order valence-corrected chi connectivity index (χ3v) is 4.09. The summed E-state index contributed by atoms with van der Waals surface area (Å²) in [7, 11) is 0. The summed E-state index contributed by atoms with van der Waals surface area (Å²) < 4.78 is 0. The van der Waals surface area contributed by atoms with Gasteiger partial charge < -0.3 is 15.3 Å². The molecule has 0 atom stereocenters. The number of amides is 1. The van der Waals surface area contributed by atoms with Gasteiger partial charge in [0.25, 0.3) is 5.91 Å². The molecule has 1 aromatic heterocycles. The Bertz CT molecular complexity index is 728. The first kappa shape index (κ1) is 15.9. The molecule has 0 spiro atoms. The molecule has 1 aliphatic heterocycles. The minimum absolute atomic E-state index is 0.0732. The van der Waals surface area contributed by atoms with Crippen LogP contribution in [0.5, 0.6) is 0 Å². The van der Waals surface area contributed by atoms with E-state index >= 15 is 0 Å². The van der Waals surface area contributed by atoms with Crippen LogP contribution in [-0.2, 0) is 0 Å². The molecule has 2 heterocycles. The lowest BCUT2D eigenvalue weighted by Crippen LogP contribution is -2.45. The van der Waals surface area contributed by atoms with E-state index in [1.54, 1.807) is 12.1 Å². The van der Waals surface area contributed by atoms with E-state index in [1.165, 1.54) is 12.5 Å². The second-order valence-corrected chi connectivity index (χ2v) is 5.67. The number of benzene rings is 1. The number of carboxylic acids is 1. The first-order chi connectivity index (χ1) is 11.6. The number of carbonyl (C=O) groups is 2. The third kappa shape index (κ3) is 3.51. The number of rotatable bonds is 4. The SMILES string of the molecule is O=C(NC1CCN(c2ncncc2C(=O)O)CC1)c1ccccc1. The number of aromatic nitrogens is 2. The number of nitrogens with zero attached hydrogens (tertiary/aromatic N) is 3. The monoisotopic (exact) mass is 326 g/mol. The third-order valence-electron chi connectivity index (χ3n) is 4.09. The Morgan fingerprint density at radius 3 is 2.54 bits per heavy atom. The maximum absolute atomic E-state index is 12.2. The molecule has 7 nitrogen and oxygen atoms in total. The molecular formula is C17H18N4O3. The molecule has 2 aromatic rings. The van der Waals surface area contributed by atoms with E-state index in [1.807, 2.05) is 23.1 Å². The zero-order chi connectivity index (χ0) is 16.9.